The fourth-order valence-corrected chi connectivity index (χ4v) is 25.9. The van der Waals surface area contributed by atoms with Gasteiger partial charge in [-0.15, -0.1) is 11.3 Å². The molecule has 2 spiro atoms. The summed E-state index contributed by atoms with van der Waals surface area (Å²) in [4.78, 5) is 5.10. The highest BCUT2D eigenvalue weighted by Gasteiger charge is 2.63. The summed E-state index contributed by atoms with van der Waals surface area (Å²) in [7, 11) is 0. The van der Waals surface area contributed by atoms with Crippen LogP contribution in [0.4, 0.5) is 34.1 Å². The first-order valence-corrected chi connectivity index (χ1v) is 40.9. The Morgan fingerprint density at radius 1 is 0.259 bits per heavy atom. The number of thiophene rings is 1. The third kappa shape index (κ3) is 8.90. The second-order valence-electron chi connectivity index (χ2n) is 33.5. The molecule has 108 heavy (non-hydrogen) atoms. The Balaban J connectivity index is 0.000000128. The Labute approximate surface area is 635 Å². The van der Waals surface area contributed by atoms with E-state index in [1.807, 2.05) is 11.3 Å². The molecule has 0 unspecified atom stereocenters. The maximum atomic E-state index is 2.65. The van der Waals surface area contributed by atoms with Crippen molar-refractivity contribution in [1.29, 1.82) is 0 Å². The number of anilines is 6. The molecule has 0 atom stereocenters. The van der Waals surface area contributed by atoms with Crippen molar-refractivity contribution in [2.24, 2.45) is 47.3 Å². The van der Waals surface area contributed by atoms with Crippen LogP contribution in [0.1, 0.15) is 86.5 Å². The van der Waals surface area contributed by atoms with Crippen LogP contribution in [0.5, 0.6) is 0 Å². The Hall–Kier alpha value is -11.3. The number of nitrogens with zero attached hydrogens (tertiary/aromatic N) is 3. The van der Waals surface area contributed by atoms with Gasteiger partial charge in [0.2, 0.25) is 0 Å². The van der Waals surface area contributed by atoms with Crippen LogP contribution in [0, 0.1) is 47.3 Å². The Morgan fingerprint density at radius 2 is 0.676 bits per heavy atom. The summed E-state index contributed by atoms with van der Waals surface area (Å²) < 4.78 is 5.10. The van der Waals surface area contributed by atoms with Gasteiger partial charge in [-0.05, 0) is 291 Å². The molecule has 17 aromatic rings. The monoisotopic (exact) mass is 1400 g/mol. The molecule has 10 aliphatic rings. The quantitative estimate of drug-likeness (QED) is 0.141. The summed E-state index contributed by atoms with van der Waals surface area (Å²) in [6.07, 6.45) is 14.1. The van der Waals surface area contributed by atoms with Gasteiger partial charge < -0.3 is 14.4 Å². The van der Waals surface area contributed by atoms with Crippen molar-refractivity contribution in [2.45, 2.75) is 75.0 Å². The molecule has 518 valence electrons. The van der Waals surface area contributed by atoms with Crippen molar-refractivity contribution in [3.05, 3.63) is 344 Å². The Morgan fingerprint density at radius 3 is 1.28 bits per heavy atom. The lowest BCUT2D eigenvalue weighted by molar-refractivity contribution is -0.0399. The van der Waals surface area contributed by atoms with Crippen molar-refractivity contribution in [3.63, 3.8) is 0 Å². The van der Waals surface area contributed by atoms with E-state index >= 15 is 0 Å². The first-order valence-electron chi connectivity index (χ1n) is 40.0. The van der Waals surface area contributed by atoms with E-state index in [0.717, 1.165) is 53.0 Å². The van der Waals surface area contributed by atoms with Crippen molar-refractivity contribution in [1.82, 2.24) is 4.57 Å². The van der Waals surface area contributed by atoms with Gasteiger partial charge in [-0.2, -0.15) is 0 Å². The van der Waals surface area contributed by atoms with E-state index < -0.39 is 0 Å². The van der Waals surface area contributed by atoms with E-state index in [0.29, 0.717) is 0 Å². The number of hydrogen-bond acceptors (Lipinski definition) is 3. The summed E-state index contributed by atoms with van der Waals surface area (Å²) in [5.74, 6) is 6.60. The molecule has 8 fully saturated rings. The van der Waals surface area contributed by atoms with E-state index in [9.17, 15) is 0 Å². The van der Waals surface area contributed by atoms with Gasteiger partial charge >= 0.3 is 0 Å². The number of para-hydroxylation sites is 2. The van der Waals surface area contributed by atoms with Crippen LogP contribution < -0.4 is 9.80 Å². The standard InChI is InChI=1S/C56H44N2.C48H37NS/c1-2-12-46-38(10-1)11-9-16-47(46)39-20-22-42(23-21-39)57(43-24-26-44(27-25-43)58-54-18-7-4-14-50(54)51-15-5-8-19-55(51)58)45-28-29-49-48-13-3-6-17-52(48)56(53(49)35-45)40-31-36-30-37(33-40)34-41(56)32-36;1-2-10-36-31(9-1)26-45(40-13-4-3-11-37(36)40)49(35-18-20-42-41-14-6-8-16-46(41)50-47(42)28-35)34-17-19-39-38-12-5-7-15-43(38)48(44(39)27-34)32-22-29-21-30(24-32)25-33(48)23-29/h1-29,35-37,40-41H,30-34H2;1-20,26-30,32-33H,21-25H2. The highest BCUT2D eigenvalue weighted by atomic mass is 32.1. The third-order valence-corrected chi connectivity index (χ3v) is 29.5. The summed E-state index contributed by atoms with van der Waals surface area (Å²) in [6, 6.07) is 122. The minimum absolute atomic E-state index is 0.111. The molecule has 8 bridgehead atoms. The molecular formula is C104H81N3S. The van der Waals surface area contributed by atoms with Crippen molar-refractivity contribution < 1.29 is 0 Å². The second-order valence-corrected chi connectivity index (χ2v) is 34.6. The molecule has 0 aliphatic heterocycles. The van der Waals surface area contributed by atoms with Crippen LogP contribution >= 0.6 is 11.3 Å². The van der Waals surface area contributed by atoms with Gasteiger partial charge in [0.1, 0.15) is 0 Å². The van der Waals surface area contributed by atoms with Gasteiger partial charge in [-0.25, -0.2) is 0 Å². The molecule has 2 aromatic heterocycles. The lowest BCUT2D eigenvalue weighted by atomic mass is 9.43. The molecule has 4 heteroatoms. The zero-order valence-corrected chi connectivity index (χ0v) is 61.4. The second kappa shape index (κ2) is 23.6. The molecule has 3 nitrogen and oxygen atoms in total. The largest absolute Gasteiger partial charge is 0.310 e. The first-order chi connectivity index (χ1) is 53.5. The van der Waals surface area contributed by atoms with Crippen molar-refractivity contribution >= 4 is 120 Å². The van der Waals surface area contributed by atoms with Gasteiger partial charge in [-0.1, -0.05) is 224 Å². The number of aromatic nitrogens is 1. The normalized spacial score (nSPS) is 23.4. The number of rotatable bonds is 8. The summed E-state index contributed by atoms with van der Waals surface area (Å²) in [5, 5.41) is 13.0. The lowest BCUT2D eigenvalue weighted by Crippen LogP contribution is -2.55. The van der Waals surface area contributed by atoms with E-state index in [1.165, 1.54) is 206 Å². The van der Waals surface area contributed by atoms with Gasteiger partial charge in [0.15, 0.2) is 0 Å². The number of hydrogen-bond donors (Lipinski definition) is 0. The minimum atomic E-state index is 0.111. The predicted octanol–water partition coefficient (Wildman–Crippen LogP) is 28.3. The molecule has 10 aliphatic carbocycles. The molecule has 0 N–H and O–H groups in total. The summed E-state index contributed by atoms with van der Waals surface area (Å²) >= 11 is 1.91. The third-order valence-electron chi connectivity index (χ3n) is 28.4. The van der Waals surface area contributed by atoms with Crippen molar-refractivity contribution in [2.75, 3.05) is 9.80 Å². The van der Waals surface area contributed by atoms with Crippen LogP contribution in [0.2, 0.25) is 0 Å². The molecule has 8 saturated carbocycles. The average Bonchev–Trinajstić information content (AvgIpc) is 1.49. The average molecular weight is 1400 g/mol. The molecule has 27 rings (SSSR count). The molecule has 2 heterocycles. The molecule has 0 saturated heterocycles. The minimum Gasteiger partial charge on any atom is -0.310 e. The van der Waals surface area contributed by atoms with Gasteiger partial charge in [0.25, 0.3) is 0 Å². The van der Waals surface area contributed by atoms with Crippen LogP contribution in [0.3, 0.4) is 0 Å². The molecule has 0 radical (unpaired) electrons. The van der Waals surface area contributed by atoms with Gasteiger partial charge in [0, 0.05) is 81.3 Å². The van der Waals surface area contributed by atoms with Crippen LogP contribution in [-0.4, -0.2) is 4.57 Å². The number of benzene rings is 15. The molecular weight excluding hydrogens is 1320 g/mol. The highest BCUT2D eigenvalue weighted by molar-refractivity contribution is 7.25. The molecule has 15 aromatic carbocycles. The van der Waals surface area contributed by atoms with Crippen LogP contribution in [0.25, 0.3) is 113 Å². The van der Waals surface area contributed by atoms with Crippen LogP contribution in [0.15, 0.2) is 322 Å². The smallest absolute Gasteiger partial charge is 0.0546 e. The zero-order valence-electron chi connectivity index (χ0n) is 60.5. The maximum absolute atomic E-state index is 2.65. The summed E-state index contributed by atoms with van der Waals surface area (Å²) in [5.41, 5.74) is 26.0. The SMILES string of the molecule is c1ccc2c(c1)-c1ccc(N(c3ccc(-c4cccc5ccccc45)cc3)c3ccc(-n4c5ccccc5c5ccccc54)cc3)cc1C21C2CC3CC(C2)CC1C3.c1ccc2c(c1)-c1ccc(N(c3ccc4c(c3)sc3ccccc34)c3cc4ccccc4c4ccccc34)cc1C21C2CC3CC(C2)CC1C3. The Bertz CT molecular complexity index is 6450. The zero-order chi connectivity index (χ0) is 70.5. The maximum Gasteiger partial charge on any atom is 0.0546 e. The fraction of sp³-hybridized carbons (Fsp3) is 0.192. The van der Waals surface area contributed by atoms with Crippen molar-refractivity contribution in [3.8, 4) is 39.1 Å². The lowest BCUT2D eigenvalue weighted by Gasteiger charge is -2.61. The highest BCUT2D eigenvalue weighted by Crippen LogP contribution is 2.72. The van der Waals surface area contributed by atoms with E-state index in [4.69, 9.17) is 0 Å². The van der Waals surface area contributed by atoms with E-state index in [2.05, 4.69) is 336 Å². The topological polar surface area (TPSA) is 11.4 Å². The van der Waals surface area contributed by atoms with E-state index in [1.54, 1.807) is 22.3 Å². The predicted molar refractivity (Wildman–Crippen MR) is 454 cm³/mol. The first kappa shape index (κ1) is 61.8. The fourth-order valence-electron chi connectivity index (χ4n) is 24.7. The van der Waals surface area contributed by atoms with Gasteiger partial charge in [-0.3, -0.25) is 0 Å². The molecule has 0 amide bonds. The van der Waals surface area contributed by atoms with E-state index in [-0.39, 0.29) is 10.8 Å². The van der Waals surface area contributed by atoms with Gasteiger partial charge in [0.05, 0.1) is 16.7 Å². The summed E-state index contributed by atoms with van der Waals surface area (Å²) in [6.45, 7) is 0. The van der Waals surface area contributed by atoms with Crippen LogP contribution in [-0.2, 0) is 10.8 Å². The Kier molecular flexibility index (Phi) is 13.5. The number of fused-ring (bicyclic) bond motifs is 16.